The summed E-state index contributed by atoms with van der Waals surface area (Å²) in [5.41, 5.74) is 0. The summed E-state index contributed by atoms with van der Waals surface area (Å²) in [6, 6.07) is 0. The van der Waals surface area contributed by atoms with Gasteiger partial charge in [-0.15, -0.1) is 11.3 Å². The van der Waals surface area contributed by atoms with Crippen LogP contribution in [0, 0.1) is 10.1 Å². The lowest BCUT2D eigenvalue weighted by Gasteiger charge is -2.12. The van der Waals surface area contributed by atoms with Crippen molar-refractivity contribution in [3.63, 3.8) is 0 Å². The number of nitro groups is 1. The fourth-order valence-corrected chi connectivity index (χ4v) is 1.98. The van der Waals surface area contributed by atoms with Crippen LogP contribution in [0.5, 0.6) is 0 Å². The molecule has 1 aliphatic heterocycles. The normalized spacial score (nSPS) is 27.8. The lowest BCUT2D eigenvalue weighted by Crippen LogP contribution is -2.30. The van der Waals surface area contributed by atoms with Crippen LogP contribution in [0.2, 0.25) is 4.34 Å². The van der Waals surface area contributed by atoms with Crippen LogP contribution in [0.1, 0.15) is 10.5 Å². The van der Waals surface area contributed by atoms with Gasteiger partial charge in [0.2, 0.25) is 0 Å². The van der Waals surface area contributed by atoms with Crippen LogP contribution in [-0.2, 0) is 6.54 Å². The Labute approximate surface area is 105 Å². The molecule has 1 aromatic rings. The minimum absolute atomic E-state index is 0.191. The van der Waals surface area contributed by atoms with Gasteiger partial charge < -0.3 is 10.2 Å². The van der Waals surface area contributed by atoms with E-state index in [0.717, 1.165) is 16.2 Å². The Balaban J connectivity index is 2.36. The molecule has 0 radical (unpaired) electrons. The number of halogens is 1. The van der Waals surface area contributed by atoms with Gasteiger partial charge in [-0.3, -0.25) is 0 Å². The number of aromatic nitrogens is 1. The highest BCUT2D eigenvalue weighted by atomic mass is 35.5. The maximum atomic E-state index is 10.5. The number of nitrogens with zero attached hydrogens (tertiary/aromatic N) is 4. The van der Waals surface area contributed by atoms with Crippen LogP contribution < -0.4 is 5.32 Å². The van der Waals surface area contributed by atoms with Gasteiger partial charge in [-0.05, 0) is 0 Å². The third-order valence-electron chi connectivity index (χ3n) is 1.62. The van der Waals surface area contributed by atoms with Crippen LogP contribution in [0.25, 0.3) is 0 Å². The van der Waals surface area contributed by atoms with Crippen molar-refractivity contribution >= 4 is 28.9 Å². The minimum atomic E-state index is -2.53. The lowest BCUT2D eigenvalue weighted by molar-refractivity contribution is -0.485. The van der Waals surface area contributed by atoms with Crippen molar-refractivity contribution in [1.29, 1.82) is 0 Å². The lowest BCUT2D eigenvalue weighted by atomic mass is 10.5. The van der Waals surface area contributed by atoms with Crippen molar-refractivity contribution in [2.24, 2.45) is 5.10 Å². The van der Waals surface area contributed by atoms with Gasteiger partial charge in [0.25, 0.3) is 5.96 Å². The van der Waals surface area contributed by atoms with Crippen LogP contribution >= 0.6 is 22.9 Å². The van der Waals surface area contributed by atoms with Crippen LogP contribution in [0.4, 0.5) is 0 Å². The summed E-state index contributed by atoms with van der Waals surface area (Å²) in [7, 11) is 0. The standard InChI is InChI=1S/C7H8ClN5O2S/c8-5-3-10-6(16-5)4-12-2-1-9-7(12)11-13(14)15/h3H,1-2,4H2,(H,9,11)/i1D2,2D2. The summed E-state index contributed by atoms with van der Waals surface area (Å²) in [5, 5.41) is 14.8. The van der Waals surface area contributed by atoms with E-state index in [-0.39, 0.29) is 6.54 Å². The molecule has 0 aromatic carbocycles. The van der Waals surface area contributed by atoms with Gasteiger partial charge in [0.15, 0.2) is 5.03 Å². The number of thiazole rings is 1. The summed E-state index contributed by atoms with van der Waals surface area (Å²) in [6.45, 7) is -5.24. The molecule has 0 aliphatic carbocycles. The van der Waals surface area contributed by atoms with Crippen LogP contribution in [0.15, 0.2) is 11.3 Å². The van der Waals surface area contributed by atoms with Crippen molar-refractivity contribution < 1.29 is 10.5 Å². The summed E-state index contributed by atoms with van der Waals surface area (Å²) in [4.78, 5) is 15.2. The molecule has 0 atom stereocenters. The number of nitrogens with one attached hydrogen (secondary N) is 1. The second-order valence-electron chi connectivity index (χ2n) is 2.67. The van der Waals surface area contributed by atoms with Gasteiger partial charge in [-0.25, -0.2) is 15.1 Å². The second-order valence-corrected chi connectivity index (χ2v) is 4.41. The smallest absolute Gasteiger partial charge is 0.271 e. The quantitative estimate of drug-likeness (QED) is 0.644. The number of hydrogen-bond acceptors (Lipinski definition) is 4. The maximum Gasteiger partial charge on any atom is 0.271 e. The number of hydrogen-bond donors (Lipinski definition) is 1. The van der Waals surface area contributed by atoms with Crippen molar-refractivity contribution in [2.75, 3.05) is 13.0 Å². The van der Waals surface area contributed by atoms with Gasteiger partial charge in [0.1, 0.15) is 14.4 Å². The van der Waals surface area contributed by atoms with Gasteiger partial charge in [0, 0.05) is 13.0 Å². The third-order valence-corrected chi connectivity index (χ3v) is 2.72. The molecule has 2 heterocycles. The predicted molar refractivity (Wildman–Crippen MR) is 60.0 cm³/mol. The fourth-order valence-electron chi connectivity index (χ4n) is 1.04. The fraction of sp³-hybridized carbons (Fsp3) is 0.429. The molecule has 1 N–H and O–H groups in total. The molecule has 1 fully saturated rings. The molecule has 7 nitrogen and oxygen atoms in total. The molecule has 0 spiro atoms. The molecule has 86 valence electrons. The molecule has 0 unspecified atom stereocenters. The maximum absolute atomic E-state index is 10.5. The molecule has 1 aliphatic rings. The first-order valence-corrected chi connectivity index (χ1v) is 5.22. The summed E-state index contributed by atoms with van der Waals surface area (Å²) in [6.07, 6.45) is 1.36. The van der Waals surface area contributed by atoms with Crippen molar-refractivity contribution in [1.82, 2.24) is 15.2 Å². The highest BCUT2D eigenvalue weighted by molar-refractivity contribution is 7.15. The van der Waals surface area contributed by atoms with E-state index < -0.39 is 24.0 Å². The van der Waals surface area contributed by atoms with Crippen molar-refractivity contribution in [3.05, 3.63) is 25.7 Å². The molecule has 16 heavy (non-hydrogen) atoms. The largest absolute Gasteiger partial charge is 0.349 e. The van der Waals surface area contributed by atoms with Gasteiger partial charge in [-0.1, -0.05) is 11.6 Å². The Kier molecular flexibility index (Phi) is 2.03. The Morgan fingerprint density at radius 1 is 1.94 bits per heavy atom. The molecular weight excluding hydrogens is 254 g/mol. The van der Waals surface area contributed by atoms with E-state index in [0.29, 0.717) is 9.34 Å². The Bertz CT molecular complexity index is 579. The molecule has 1 aromatic heterocycles. The van der Waals surface area contributed by atoms with E-state index >= 15 is 0 Å². The molecule has 1 saturated heterocycles. The highest BCUT2D eigenvalue weighted by Gasteiger charge is 2.22. The van der Waals surface area contributed by atoms with E-state index in [1.54, 1.807) is 0 Å². The average Bonchev–Trinajstić information content (AvgIpc) is 2.74. The van der Waals surface area contributed by atoms with Crippen molar-refractivity contribution in [3.8, 4) is 0 Å². The first-order chi connectivity index (χ1) is 9.13. The monoisotopic (exact) mass is 265 g/mol. The van der Waals surface area contributed by atoms with E-state index in [4.69, 9.17) is 17.1 Å². The third kappa shape index (κ3) is 2.58. The average molecular weight is 266 g/mol. The minimum Gasteiger partial charge on any atom is -0.349 e. The Morgan fingerprint density at radius 2 is 2.75 bits per heavy atom. The second kappa shape index (κ2) is 4.62. The predicted octanol–water partition coefficient (Wildman–Crippen LogP) is 0.749. The van der Waals surface area contributed by atoms with Gasteiger partial charge >= 0.3 is 0 Å². The zero-order valence-corrected chi connectivity index (χ0v) is 9.25. The zero-order chi connectivity index (χ0) is 15.1. The van der Waals surface area contributed by atoms with E-state index in [9.17, 15) is 10.1 Å². The number of rotatable bonds is 3. The SMILES string of the molecule is [2H]C1([2H])N/C(=N\[N+](=O)[O-])N(Cc2ncc(Cl)s2)C1([2H])[2H]. The molecule has 2 rings (SSSR count). The molecule has 0 amide bonds. The van der Waals surface area contributed by atoms with E-state index in [1.165, 1.54) is 6.20 Å². The van der Waals surface area contributed by atoms with Crippen molar-refractivity contribution in [2.45, 2.75) is 6.54 Å². The molecule has 0 saturated carbocycles. The molecule has 9 heteroatoms. The van der Waals surface area contributed by atoms with E-state index in [1.807, 2.05) is 0 Å². The van der Waals surface area contributed by atoms with Crippen LogP contribution in [-0.4, -0.2) is 33.9 Å². The number of guanidine groups is 1. The molecular formula is C7H8ClN5O2S. The Hall–Kier alpha value is -1.41. The summed E-state index contributed by atoms with van der Waals surface area (Å²) in [5.74, 6) is -0.503. The zero-order valence-electron chi connectivity index (χ0n) is 11.7. The first kappa shape index (κ1) is 7.02. The Morgan fingerprint density at radius 3 is 3.38 bits per heavy atom. The van der Waals surface area contributed by atoms with Crippen LogP contribution in [0.3, 0.4) is 0 Å². The van der Waals surface area contributed by atoms with E-state index in [2.05, 4.69) is 15.4 Å². The highest BCUT2D eigenvalue weighted by Crippen LogP contribution is 2.20. The topological polar surface area (TPSA) is 83.7 Å². The molecule has 0 bridgehead atoms. The van der Waals surface area contributed by atoms with Gasteiger partial charge in [-0.2, -0.15) is 0 Å². The van der Waals surface area contributed by atoms with Gasteiger partial charge in [0.05, 0.1) is 18.2 Å². The summed E-state index contributed by atoms with van der Waals surface area (Å²) < 4.78 is 31.0. The first-order valence-electron chi connectivity index (χ1n) is 6.02. The summed E-state index contributed by atoms with van der Waals surface area (Å²) >= 11 is 6.78. The number of hydrazone groups is 1.